The van der Waals surface area contributed by atoms with Gasteiger partial charge in [0.2, 0.25) is 0 Å². The van der Waals surface area contributed by atoms with Gasteiger partial charge in [0.1, 0.15) is 6.26 Å². The van der Waals surface area contributed by atoms with Crippen LogP contribution in [0.1, 0.15) is 17.4 Å². The molecule has 0 aromatic carbocycles. The van der Waals surface area contributed by atoms with E-state index in [0.717, 1.165) is 0 Å². The standard InChI is InChI=1S/C6H10N2O2/c1-4-5(3-10-8-4)6(9)2-7/h3,6,9H,2,7H2,1H3. The molecule has 10 heavy (non-hydrogen) atoms. The van der Waals surface area contributed by atoms with Crippen LogP contribution >= 0.6 is 0 Å². The van der Waals surface area contributed by atoms with Crippen LogP contribution < -0.4 is 5.73 Å². The number of nitrogens with two attached hydrogens (primary N) is 1. The van der Waals surface area contributed by atoms with E-state index in [2.05, 4.69) is 9.68 Å². The third-order valence-corrected chi connectivity index (χ3v) is 1.37. The number of rotatable bonds is 2. The lowest BCUT2D eigenvalue weighted by molar-refractivity contribution is 0.185. The number of aromatic nitrogens is 1. The predicted molar refractivity (Wildman–Crippen MR) is 35.3 cm³/mol. The molecule has 1 rings (SSSR count). The minimum Gasteiger partial charge on any atom is -0.387 e. The van der Waals surface area contributed by atoms with Gasteiger partial charge in [0, 0.05) is 12.1 Å². The molecule has 1 aromatic rings. The average molecular weight is 142 g/mol. The first kappa shape index (κ1) is 7.24. The quantitative estimate of drug-likeness (QED) is 0.608. The van der Waals surface area contributed by atoms with Crippen molar-refractivity contribution in [2.75, 3.05) is 6.54 Å². The zero-order chi connectivity index (χ0) is 7.56. The molecule has 1 atom stereocenters. The third kappa shape index (κ3) is 1.17. The van der Waals surface area contributed by atoms with Gasteiger partial charge in [0.25, 0.3) is 0 Å². The summed E-state index contributed by atoms with van der Waals surface area (Å²) >= 11 is 0. The molecule has 1 aromatic heterocycles. The highest BCUT2D eigenvalue weighted by atomic mass is 16.5. The summed E-state index contributed by atoms with van der Waals surface area (Å²) in [6, 6.07) is 0. The van der Waals surface area contributed by atoms with Crippen molar-refractivity contribution in [1.29, 1.82) is 0 Å². The molecule has 4 heteroatoms. The van der Waals surface area contributed by atoms with Gasteiger partial charge in [-0.1, -0.05) is 5.16 Å². The molecule has 0 aliphatic carbocycles. The Morgan fingerprint density at radius 2 is 2.60 bits per heavy atom. The van der Waals surface area contributed by atoms with Gasteiger partial charge in [-0.15, -0.1) is 0 Å². The highest BCUT2D eigenvalue weighted by Gasteiger charge is 2.10. The Bertz CT molecular complexity index is 209. The fourth-order valence-electron chi connectivity index (χ4n) is 0.747. The predicted octanol–water partition coefficient (Wildman–Crippen LogP) is -0.0249. The minimum absolute atomic E-state index is 0.196. The molecule has 0 bridgehead atoms. The molecule has 0 fully saturated rings. The summed E-state index contributed by atoms with van der Waals surface area (Å²) in [7, 11) is 0. The Hall–Kier alpha value is -0.870. The second-order valence-electron chi connectivity index (χ2n) is 2.11. The molecule has 56 valence electrons. The molecule has 0 amide bonds. The molecule has 0 saturated carbocycles. The summed E-state index contributed by atoms with van der Waals surface area (Å²) in [4.78, 5) is 0. The highest BCUT2D eigenvalue weighted by molar-refractivity contribution is 5.15. The Morgan fingerprint density at radius 1 is 1.90 bits per heavy atom. The van der Waals surface area contributed by atoms with Crippen LogP contribution in [-0.2, 0) is 0 Å². The van der Waals surface area contributed by atoms with Crippen molar-refractivity contribution in [3.05, 3.63) is 17.5 Å². The third-order valence-electron chi connectivity index (χ3n) is 1.37. The number of nitrogens with zero attached hydrogens (tertiary/aromatic N) is 1. The second kappa shape index (κ2) is 2.81. The van der Waals surface area contributed by atoms with Crippen molar-refractivity contribution in [3.8, 4) is 0 Å². The van der Waals surface area contributed by atoms with Gasteiger partial charge in [0.05, 0.1) is 11.8 Å². The Balaban J connectivity index is 2.82. The highest BCUT2D eigenvalue weighted by Crippen LogP contribution is 2.13. The van der Waals surface area contributed by atoms with Crippen molar-refractivity contribution < 1.29 is 9.63 Å². The molecule has 0 radical (unpaired) electrons. The largest absolute Gasteiger partial charge is 0.387 e. The number of aliphatic hydroxyl groups excluding tert-OH is 1. The van der Waals surface area contributed by atoms with Crippen LogP contribution in [0, 0.1) is 6.92 Å². The summed E-state index contributed by atoms with van der Waals surface area (Å²) in [6.07, 6.45) is 0.763. The molecule has 4 nitrogen and oxygen atoms in total. The lowest BCUT2D eigenvalue weighted by Gasteiger charge is -2.02. The van der Waals surface area contributed by atoms with Crippen molar-refractivity contribution in [3.63, 3.8) is 0 Å². The minimum atomic E-state index is -0.647. The van der Waals surface area contributed by atoms with Crippen LogP contribution in [0.15, 0.2) is 10.8 Å². The van der Waals surface area contributed by atoms with Gasteiger partial charge in [0.15, 0.2) is 0 Å². The molecule has 1 heterocycles. The summed E-state index contributed by atoms with van der Waals surface area (Å²) in [6.45, 7) is 1.96. The summed E-state index contributed by atoms with van der Waals surface area (Å²) in [5.74, 6) is 0. The van der Waals surface area contributed by atoms with Gasteiger partial charge in [-0.2, -0.15) is 0 Å². The fourth-order valence-corrected chi connectivity index (χ4v) is 0.747. The zero-order valence-corrected chi connectivity index (χ0v) is 5.74. The fraction of sp³-hybridized carbons (Fsp3) is 0.500. The van der Waals surface area contributed by atoms with E-state index in [1.165, 1.54) is 6.26 Å². The first-order valence-electron chi connectivity index (χ1n) is 3.04. The normalized spacial score (nSPS) is 13.5. The number of aryl methyl sites for hydroxylation is 1. The van der Waals surface area contributed by atoms with E-state index >= 15 is 0 Å². The zero-order valence-electron chi connectivity index (χ0n) is 5.74. The van der Waals surface area contributed by atoms with Crippen LogP contribution in [-0.4, -0.2) is 16.8 Å². The number of hydrogen-bond acceptors (Lipinski definition) is 4. The van der Waals surface area contributed by atoms with Crippen LogP contribution in [0.2, 0.25) is 0 Å². The maximum absolute atomic E-state index is 9.17. The number of aliphatic hydroxyl groups is 1. The van der Waals surface area contributed by atoms with E-state index in [4.69, 9.17) is 5.73 Å². The molecule has 1 unspecified atom stereocenters. The van der Waals surface area contributed by atoms with Crippen molar-refractivity contribution in [2.24, 2.45) is 5.73 Å². The summed E-state index contributed by atoms with van der Waals surface area (Å²) in [5, 5.41) is 12.8. The Labute approximate surface area is 58.6 Å². The first-order chi connectivity index (χ1) is 4.75. The van der Waals surface area contributed by atoms with Crippen molar-refractivity contribution in [1.82, 2.24) is 5.16 Å². The smallest absolute Gasteiger partial charge is 0.129 e. The second-order valence-corrected chi connectivity index (χ2v) is 2.11. The average Bonchev–Trinajstić information content (AvgIpc) is 2.34. The molecular weight excluding hydrogens is 132 g/mol. The van der Waals surface area contributed by atoms with Crippen molar-refractivity contribution >= 4 is 0 Å². The molecule has 0 saturated heterocycles. The number of hydrogen-bond donors (Lipinski definition) is 2. The Kier molecular flexibility index (Phi) is 2.03. The van der Waals surface area contributed by atoms with Crippen LogP contribution in [0.5, 0.6) is 0 Å². The van der Waals surface area contributed by atoms with Crippen LogP contribution in [0.25, 0.3) is 0 Å². The van der Waals surface area contributed by atoms with E-state index < -0.39 is 6.10 Å². The van der Waals surface area contributed by atoms with E-state index in [9.17, 15) is 5.11 Å². The maximum Gasteiger partial charge on any atom is 0.129 e. The van der Waals surface area contributed by atoms with Gasteiger partial charge in [-0.05, 0) is 6.92 Å². The van der Waals surface area contributed by atoms with Crippen LogP contribution in [0.4, 0.5) is 0 Å². The lowest BCUT2D eigenvalue weighted by atomic mass is 10.1. The van der Waals surface area contributed by atoms with Gasteiger partial charge in [-0.3, -0.25) is 0 Å². The Morgan fingerprint density at radius 3 is 3.00 bits per heavy atom. The van der Waals surface area contributed by atoms with E-state index in [1.807, 2.05) is 0 Å². The summed E-state index contributed by atoms with van der Waals surface area (Å²) in [5.41, 5.74) is 6.57. The van der Waals surface area contributed by atoms with Crippen LogP contribution in [0.3, 0.4) is 0 Å². The van der Waals surface area contributed by atoms with Crippen molar-refractivity contribution in [2.45, 2.75) is 13.0 Å². The van der Waals surface area contributed by atoms with E-state index in [1.54, 1.807) is 6.92 Å². The monoisotopic (exact) mass is 142 g/mol. The maximum atomic E-state index is 9.17. The summed E-state index contributed by atoms with van der Waals surface area (Å²) < 4.78 is 4.60. The molecule has 0 spiro atoms. The van der Waals surface area contributed by atoms with Gasteiger partial charge in [-0.25, -0.2) is 0 Å². The van der Waals surface area contributed by atoms with Gasteiger partial charge >= 0.3 is 0 Å². The van der Waals surface area contributed by atoms with E-state index in [-0.39, 0.29) is 6.54 Å². The first-order valence-corrected chi connectivity index (χ1v) is 3.04. The molecular formula is C6H10N2O2. The van der Waals surface area contributed by atoms with Gasteiger partial charge < -0.3 is 15.4 Å². The van der Waals surface area contributed by atoms with E-state index in [0.29, 0.717) is 11.3 Å². The lowest BCUT2D eigenvalue weighted by Crippen LogP contribution is -2.11. The SMILES string of the molecule is Cc1nocc1C(O)CN. The molecule has 0 aliphatic heterocycles. The molecule has 0 aliphatic rings. The topological polar surface area (TPSA) is 72.3 Å². The molecule has 3 N–H and O–H groups in total.